The van der Waals surface area contributed by atoms with E-state index in [0.29, 0.717) is 6.54 Å². The summed E-state index contributed by atoms with van der Waals surface area (Å²) in [5.74, 6) is 0. The van der Waals surface area contributed by atoms with E-state index < -0.39 is 11.4 Å². The maximum Gasteiger partial charge on any atom is 0.115 e. The van der Waals surface area contributed by atoms with Crippen molar-refractivity contribution in [1.29, 1.82) is 0 Å². The van der Waals surface area contributed by atoms with Gasteiger partial charge in [0, 0.05) is 17.9 Å². The van der Waals surface area contributed by atoms with Crippen molar-refractivity contribution >= 4 is 11.4 Å². The van der Waals surface area contributed by atoms with Gasteiger partial charge in [0.2, 0.25) is 0 Å². The third-order valence-electron chi connectivity index (χ3n) is 0.305. The van der Waals surface area contributed by atoms with Crippen molar-refractivity contribution in [3.63, 3.8) is 0 Å². The van der Waals surface area contributed by atoms with Crippen LogP contribution in [0.5, 0.6) is 0 Å². The topological polar surface area (TPSA) is 35.1 Å². The number of nitrogens with one attached hydrogen (secondary N) is 1. The minimum atomic E-state index is -0.878. The summed E-state index contributed by atoms with van der Waals surface area (Å²) in [6.07, 6.45) is 1.57. The molecule has 2 nitrogen and oxygen atoms in total. The molecule has 0 bridgehead atoms. The molecule has 0 aliphatic carbocycles. The highest BCUT2D eigenvalue weighted by atomic mass is 32.2. The van der Waals surface area contributed by atoms with Crippen LogP contribution in [0.2, 0.25) is 0 Å². The molecule has 1 unspecified atom stereocenters. The van der Waals surface area contributed by atoms with Crippen LogP contribution < -0.4 is 4.72 Å². The molecule has 1 N–H and O–H groups in total. The first-order valence-electron chi connectivity index (χ1n) is 1.63. The van der Waals surface area contributed by atoms with Gasteiger partial charge in [-0.2, -0.15) is 0 Å². The second-order valence-electron chi connectivity index (χ2n) is 0.848. The third kappa shape index (κ3) is 4.27. The summed E-state index contributed by atoms with van der Waals surface area (Å²) in [6, 6.07) is 0. The van der Waals surface area contributed by atoms with Crippen molar-refractivity contribution in [3.8, 4) is 0 Å². The summed E-state index contributed by atoms with van der Waals surface area (Å²) in [5, 5.41) is 0. The molecular weight excluding hydrogens is 98.1 g/mol. The monoisotopic (exact) mass is 106 g/mol. The van der Waals surface area contributed by atoms with Crippen molar-refractivity contribution in [2.75, 3.05) is 12.8 Å². The summed E-state index contributed by atoms with van der Waals surface area (Å²) in [4.78, 5) is 0. The number of hydrogen-bond acceptors (Lipinski definition) is 2. The van der Waals surface area contributed by atoms with E-state index >= 15 is 0 Å². The highest BCUT2D eigenvalue weighted by Gasteiger charge is 1.85. The highest BCUT2D eigenvalue weighted by Crippen LogP contribution is 1.67. The SMILES string of the molecule is [CH2]CN[S+](C)[O-]. The first-order valence-corrected chi connectivity index (χ1v) is 3.19. The zero-order valence-electron chi connectivity index (χ0n) is 3.73. The Labute approximate surface area is 41.2 Å². The largest absolute Gasteiger partial charge is 0.598 e. The van der Waals surface area contributed by atoms with E-state index in [1.165, 1.54) is 0 Å². The lowest BCUT2D eigenvalue weighted by atomic mass is 10.8. The fraction of sp³-hybridized carbons (Fsp3) is 0.667. The summed E-state index contributed by atoms with van der Waals surface area (Å²) < 4.78 is 12.6. The van der Waals surface area contributed by atoms with Crippen LogP contribution in [0.15, 0.2) is 0 Å². The van der Waals surface area contributed by atoms with Crippen LogP contribution in [0.25, 0.3) is 0 Å². The maximum absolute atomic E-state index is 10.0. The maximum atomic E-state index is 10.0. The summed E-state index contributed by atoms with van der Waals surface area (Å²) in [6.45, 7) is 3.95. The lowest BCUT2D eigenvalue weighted by Crippen LogP contribution is -2.20. The normalized spacial score (nSPS) is 14.5. The molecule has 0 saturated heterocycles. The van der Waals surface area contributed by atoms with Gasteiger partial charge in [0.05, 0.1) is 0 Å². The summed E-state index contributed by atoms with van der Waals surface area (Å²) >= 11 is -0.878. The van der Waals surface area contributed by atoms with E-state index in [0.717, 1.165) is 0 Å². The quantitative estimate of drug-likeness (QED) is 0.491. The predicted octanol–water partition coefficient (Wildman–Crippen LogP) is -0.296. The Morgan fingerprint density at radius 1 is 2.00 bits per heavy atom. The van der Waals surface area contributed by atoms with Crippen molar-refractivity contribution in [1.82, 2.24) is 4.72 Å². The van der Waals surface area contributed by atoms with E-state index in [2.05, 4.69) is 11.6 Å². The molecule has 0 fully saturated rings. The van der Waals surface area contributed by atoms with Crippen molar-refractivity contribution in [2.45, 2.75) is 0 Å². The smallest absolute Gasteiger partial charge is 0.115 e. The van der Waals surface area contributed by atoms with E-state index in [4.69, 9.17) is 0 Å². The molecule has 0 aliphatic heterocycles. The van der Waals surface area contributed by atoms with Crippen LogP contribution in [0.3, 0.4) is 0 Å². The molecule has 37 valence electrons. The second-order valence-corrected chi connectivity index (χ2v) is 2.05. The molecule has 3 heteroatoms. The van der Waals surface area contributed by atoms with E-state index in [-0.39, 0.29) is 0 Å². The molecular formula is C3H8NOS. The number of rotatable bonds is 2. The molecule has 0 spiro atoms. The van der Waals surface area contributed by atoms with Crippen molar-refractivity contribution < 1.29 is 4.55 Å². The molecule has 1 radical (unpaired) electrons. The van der Waals surface area contributed by atoms with Gasteiger partial charge in [0.25, 0.3) is 0 Å². The predicted molar refractivity (Wildman–Crippen MR) is 27.4 cm³/mol. The zero-order chi connectivity index (χ0) is 4.99. The Hall–Kier alpha value is 0.270. The molecule has 0 aromatic heterocycles. The Morgan fingerprint density at radius 3 is 2.50 bits per heavy atom. The van der Waals surface area contributed by atoms with Crippen LogP contribution in [0.1, 0.15) is 0 Å². The van der Waals surface area contributed by atoms with Crippen LogP contribution in [0.4, 0.5) is 0 Å². The lowest BCUT2D eigenvalue weighted by Gasteiger charge is -1.99. The minimum absolute atomic E-state index is 0.531. The Balaban J connectivity index is 2.63. The van der Waals surface area contributed by atoms with Gasteiger partial charge in [-0.15, -0.1) is 4.72 Å². The summed E-state index contributed by atoms with van der Waals surface area (Å²) in [5.41, 5.74) is 0. The lowest BCUT2D eigenvalue weighted by molar-refractivity contribution is 0.590. The Bertz CT molecular complexity index is 32.0. The molecule has 0 aromatic rings. The standard InChI is InChI=1S/C3H8NOS/c1-3-4-6(2)5/h4H,1,3H2,2H3. The van der Waals surface area contributed by atoms with Crippen molar-refractivity contribution in [2.24, 2.45) is 0 Å². The van der Waals surface area contributed by atoms with Gasteiger partial charge in [-0.1, -0.05) is 0 Å². The third-order valence-corrected chi connectivity index (χ3v) is 0.916. The van der Waals surface area contributed by atoms with Crippen LogP contribution in [-0.2, 0) is 11.4 Å². The molecule has 0 aromatic carbocycles. The van der Waals surface area contributed by atoms with E-state index in [1.807, 2.05) is 0 Å². The Kier molecular flexibility index (Phi) is 3.62. The molecule has 0 saturated carbocycles. The average molecular weight is 106 g/mol. The highest BCUT2D eigenvalue weighted by molar-refractivity contribution is 7.88. The average Bonchev–Trinajstić information content (AvgIpc) is 1.35. The van der Waals surface area contributed by atoms with Gasteiger partial charge in [-0.3, -0.25) is 0 Å². The van der Waals surface area contributed by atoms with Crippen molar-refractivity contribution in [3.05, 3.63) is 6.92 Å². The van der Waals surface area contributed by atoms with Crippen LogP contribution in [-0.4, -0.2) is 17.4 Å². The van der Waals surface area contributed by atoms with Gasteiger partial charge < -0.3 is 4.55 Å². The van der Waals surface area contributed by atoms with Gasteiger partial charge >= 0.3 is 0 Å². The number of hydrogen-bond donors (Lipinski definition) is 1. The minimum Gasteiger partial charge on any atom is -0.598 e. The first-order chi connectivity index (χ1) is 2.77. The first kappa shape index (κ1) is 6.27. The Morgan fingerprint density at radius 2 is 2.50 bits per heavy atom. The summed E-state index contributed by atoms with van der Waals surface area (Å²) in [7, 11) is 0. The fourth-order valence-electron chi connectivity index (χ4n) is 0.144. The van der Waals surface area contributed by atoms with Gasteiger partial charge in [0.15, 0.2) is 0 Å². The van der Waals surface area contributed by atoms with E-state index in [1.54, 1.807) is 6.26 Å². The molecule has 1 atom stereocenters. The van der Waals surface area contributed by atoms with Gasteiger partial charge in [0.1, 0.15) is 6.26 Å². The molecule has 6 heavy (non-hydrogen) atoms. The van der Waals surface area contributed by atoms with Crippen LogP contribution in [0, 0.1) is 6.92 Å². The molecule has 0 aliphatic rings. The van der Waals surface area contributed by atoms with Gasteiger partial charge in [-0.25, -0.2) is 0 Å². The van der Waals surface area contributed by atoms with Gasteiger partial charge in [-0.05, 0) is 6.92 Å². The zero-order valence-corrected chi connectivity index (χ0v) is 4.55. The second kappa shape index (κ2) is 3.46. The molecule has 0 heterocycles. The van der Waals surface area contributed by atoms with Crippen LogP contribution >= 0.6 is 0 Å². The molecule has 0 amide bonds. The van der Waals surface area contributed by atoms with E-state index in [9.17, 15) is 4.55 Å². The fourth-order valence-corrected chi connectivity index (χ4v) is 0.431. The molecule has 0 rings (SSSR count).